The van der Waals surface area contributed by atoms with E-state index < -0.39 is 0 Å². The number of rotatable bonds is 6. The van der Waals surface area contributed by atoms with E-state index in [4.69, 9.17) is 0 Å². The van der Waals surface area contributed by atoms with Gasteiger partial charge in [-0.25, -0.2) is 0 Å². The van der Waals surface area contributed by atoms with E-state index in [9.17, 15) is 0 Å². The first-order chi connectivity index (χ1) is 6.27. The third kappa shape index (κ3) is 3.12. The van der Waals surface area contributed by atoms with E-state index >= 15 is 0 Å². The summed E-state index contributed by atoms with van der Waals surface area (Å²) in [7, 11) is 0. The quantitative estimate of drug-likeness (QED) is 0.628. The predicted octanol–water partition coefficient (Wildman–Crippen LogP) is 1.64. The average Bonchev–Trinajstić information content (AvgIpc) is 2.01. The van der Waals surface area contributed by atoms with Gasteiger partial charge in [0.25, 0.3) is 0 Å². The number of nitrogens with zero attached hydrogens (tertiary/aromatic N) is 1. The summed E-state index contributed by atoms with van der Waals surface area (Å²) in [5.74, 6) is 0. The van der Waals surface area contributed by atoms with Gasteiger partial charge in [-0.1, -0.05) is 26.0 Å². The molecule has 1 aliphatic heterocycles. The summed E-state index contributed by atoms with van der Waals surface area (Å²) in [6.07, 6.45) is 2.36. The molecular formula is C11H22N2. The van der Waals surface area contributed by atoms with Crippen LogP contribution in [0.3, 0.4) is 0 Å². The second-order valence-corrected chi connectivity index (χ2v) is 3.89. The molecular weight excluding hydrogens is 160 g/mol. The first kappa shape index (κ1) is 10.7. The molecule has 0 unspecified atom stereocenters. The second-order valence-electron chi connectivity index (χ2n) is 3.89. The third-order valence-electron chi connectivity index (χ3n) is 2.71. The maximum atomic E-state index is 4.07. The van der Waals surface area contributed by atoms with Gasteiger partial charge in [-0.3, -0.25) is 4.90 Å². The number of hydrogen-bond acceptors (Lipinski definition) is 2. The van der Waals surface area contributed by atoms with Gasteiger partial charge >= 0.3 is 0 Å². The van der Waals surface area contributed by atoms with Crippen molar-refractivity contribution >= 4 is 0 Å². The van der Waals surface area contributed by atoms with Crippen LogP contribution >= 0.6 is 0 Å². The van der Waals surface area contributed by atoms with Gasteiger partial charge in [-0.2, -0.15) is 0 Å². The van der Waals surface area contributed by atoms with E-state index in [1.54, 1.807) is 0 Å². The van der Waals surface area contributed by atoms with Crippen molar-refractivity contribution in [2.45, 2.75) is 32.7 Å². The van der Waals surface area contributed by atoms with E-state index in [0.29, 0.717) is 0 Å². The van der Waals surface area contributed by atoms with Crippen molar-refractivity contribution in [3.05, 3.63) is 12.2 Å². The van der Waals surface area contributed by atoms with Crippen LogP contribution in [0.4, 0.5) is 0 Å². The minimum atomic E-state index is 0.767. The summed E-state index contributed by atoms with van der Waals surface area (Å²) in [5.41, 5.74) is 1.36. The highest BCUT2D eigenvalue weighted by molar-refractivity contribution is 4.99. The van der Waals surface area contributed by atoms with Gasteiger partial charge in [0.1, 0.15) is 0 Å². The summed E-state index contributed by atoms with van der Waals surface area (Å²) in [6, 6.07) is 0.767. The molecule has 76 valence electrons. The van der Waals surface area contributed by atoms with Gasteiger partial charge in [0.2, 0.25) is 0 Å². The second kappa shape index (κ2) is 5.40. The van der Waals surface area contributed by atoms with Gasteiger partial charge in [-0.15, -0.1) is 0 Å². The molecule has 1 N–H and O–H groups in total. The molecule has 13 heavy (non-hydrogen) atoms. The van der Waals surface area contributed by atoms with Crippen molar-refractivity contribution in [3.8, 4) is 0 Å². The normalized spacial score (nSPS) is 17.5. The van der Waals surface area contributed by atoms with E-state index in [2.05, 4.69) is 30.6 Å². The lowest BCUT2D eigenvalue weighted by molar-refractivity contribution is 0.157. The Morgan fingerprint density at radius 1 is 1.46 bits per heavy atom. The summed E-state index contributed by atoms with van der Waals surface area (Å²) >= 11 is 0. The van der Waals surface area contributed by atoms with Crippen molar-refractivity contribution in [3.63, 3.8) is 0 Å². The van der Waals surface area contributed by atoms with Crippen molar-refractivity contribution in [2.24, 2.45) is 0 Å². The lowest BCUT2D eigenvalue weighted by atomic mass is 10.1. The molecule has 0 amide bonds. The van der Waals surface area contributed by atoms with Crippen molar-refractivity contribution in [1.29, 1.82) is 0 Å². The minimum Gasteiger partial charge on any atom is -0.314 e. The van der Waals surface area contributed by atoms with Crippen LogP contribution in [0.1, 0.15) is 26.7 Å². The Hall–Kier alpha value is -0.340. The van der Waals surface area contributed by atoms with Crippen molar-refractivity contribution in [1.82, 2.24) is 10.2 Å². The summed E-state index contributed by atoms with van der Waals surface area (Å²) in [5, 5.41) is 3.32. The number of nitrogens with one attached hydrogen (secondary N) is 1. The molecule has 2 heteroatoms. The lowest BCUT2D eigenvalue weighted by Gasteiger charge is -2.38. The summed E-state index contributed by atoms with van der Waals surface area (Å²) < 4.78 is 0. The van der Waals surface area contributed by atoms with Crippen LogP contribution in [-0.2, 0) is 0 Å². The highest BCUT2D eigenvalue weighted by atomic mass is 15.2. The third-order valence-corrected chi connectivity index (χ3v) is 2.71. The highest BCUT2D eigenvalue weighted by Gasteiger charge is 2.23. The fraction of sp³-hybridized carbons (Fsp3) is 0.818. The Labute approximate surface area is 82.0 Å². The van der Waals surface area contributed by atoms with E-state index in [0.717, 1.165) is 32.1 Å². The Kier molecular flexibility index (Phi) is 4.46. The van der Waals surface area contributed by atoms with E-state index in [-0.39, 0.29) is 0 Å². The van der Waals surface area contributed by atoms with Crippen LogP contribution < -0.4 is 5.32 Å². The molecule has 0 aromatic rings. The Balaban J connectivity index is 2.32. The minimum absolute atomic E-state index is 0.767. The first-order valence-corrected chi connectivity index (χ1v) is 5.39. The molecule has 0 saturated carbocycles. The zero-order valence-electron chi connectivity index (χ0n) is 8.97. The molecule has 0 radical (unpaired) electrons. The molecule has 1 aliphatic rings. The van der Waals surface area contributed by atoms with Crippen LogP contribution in [0, 0.1) is 0 Å². The maximum Gasteiger partial charge on any atom is 0.0348 e. The van der Waals surface area contributed by atoms with E-state index in [1.807, 2.05) is 0 Å². The largest absolute Gasteiger partial charge is 0.314 e. The maximum absolute atomic E-state index is 4.07. The monoisotopic (exact) mass is 182 g/mol. The van der Waals surface area contributed by atoms with Crippen LogP contribution in [0.15, 0.2) is 12.2 Å². The summed E-state index contributed by atoms with van der Waals surface area (Å²) in [4.78, 5) is 2.56. The van der Waals surface area contributed by atoms with Crippen LogP contribution in [0.25, 0.3) is 0 Å². The Bertz CT molecular complexity index is 161. The van der Waals surface area contributed by atoms with Gasteiger partial charge in [-0.05, 0) is 19.4 Å². The first-order valence-electron chi connectivity index (χ1n) is 5.39. The number of hydrogen-bond donors (Lipinski definition) is 1. The Morgan fingerprint density at radius 3 is 2.54 bits per heavy atom. The lowest BCUT2D eigenvalue weighted by Crippen LogP contribution is -2.57. The highest BCUT2D eigenvalue weighted by Crippen LogP contribution is 2.09. The fourth-order valence-corrected chi connectivity index (χ4v) is 1.61. The average molecular weight is 182 g/mol. The van der Waals surface area contributed by atoms with Crippen molar-refractivity contribution < 1.29 is 0 Å². The molecule has 0 aromatic carbocycles. The molecule has 0 bridgehead atoms. The van der Waals surface area contributed by atoms with Gasteiger partial charge in [0.05, 0.1) is 0 Å². The van der Waals surface area contributed by atoms with Crippen LogP contribution in [0.2, 0.25) is 0 Å². The van der Waals surface area contributed by atoms with Crippen LogP contribution in [-0.4, -0.2) is 37.1 Å². The van der Waals surface area contributed by atoms with Crippen LogP contribution in [0.5, 0.6) is 0 Å². The SMILES string of the molecule is C=C(CC)CN(CCC)C1CNC1. The zero-order chi connectivity index (χ0) is 9.68. The van der Waals surface area contributed by atoms with Gasteiger partial charge < -0.3 is 5.32 Å². The molecule has 0 aromatic heterocycles. The zero-order valence-corrected chi connectivity index (χ0v) is 8.97. The molecule has 1 fully saturated rings. The molecule has 0 atom stereocenters. The molecule has 2 nitrogen and oxygen atoms in total. The molecule has 1 rings (SSSR count). The Morgan fingerprint density at radius 2 is 2.15 bits per heavy atom. The van der Waals surface area contributed by atoms with Gasteiger partial charge in [0, 0.05) is 25.7 Å². The van der Waals surface area contributed by atoms with E-state index in [1.165, 1.54) is 18.5 Å². The van der Waals surface area contributed by atoms with Crippen molar-refractivity contribution in [2.75, 3.05) is 26.2 Å². The fourth-order valence-electron chi connectivity index (χ4n) is 1.61. The summed E-state index contributed by atoms with van der Waals surface area (Å²) in [6.45, 7) is 13.1. The molecule has 1 saturated heterocycles. The van der Waals surface area contributed by atoms with Gasteiger partial charge in [0.15, 0.2) is 0 Å². The standard InChI is InChI=1S/C11H22N2/c1-4-6-13(9-10(3)5-2)11-7-12-8-11/h11-12H,3-9H2,1-2H3. The smallest absolute Gasteiger partial charge is 0.0348 e. The molecule has 1 heterocycles. The predicted molar refractivity (Wildman–Crippen MR) is 58.0 cm³/mol. The topological polar surface area (TPSA) is 15.3 Å². The molecule has 0 spiro atoms. The molecule has 0 aliphatic carbocycles.